The molecule has 1 aliphatic heterocycles. The van der Waals surface area contributed by atoms with Crippen LogP contribution in [-0.4, -0.2) is 29.6 Å². The van der Waals surface area contributed by atoms with Gasteiger partial charge >= 0.3 is 0 Å². The molecule has 2 nitrogen and oxygen atoms in total. The fourth-order valence-corrected chi connectivity index (χ4v) is 3.46. The van der Waals surface area contributed by atoms with Gasteiger partial charge < -0.3 is 5.32 Å². The zero-order valence-electron chi connectivity index (χ0n) is 12.8. The molecule has 2 atom stereocenters. The highest BCUT2D eigenvalue weighted by Crippen LogP contribution is 2.41. The van der Waals surface area contributed by atoms with Gasteiger partial charge in [-0.3, -0.25) is 4.90 Å². The molecule has 116 valence electrons. The first-order valence-electron chi connectivity index (χ1n) is 7.91. The third-order valence-corrected chi connectivity index (χ3v) is 5.09. The van der Waals surface area contributed by atoms with Crippen molar-refractivity contribution in [1.29, 1.82) is 0 Å². The molecule has 1 aliphatic carbocycles. The summed E-state index contributed by atoms with van der Waals surface area (Å²) in [6.07, 6.45) is 3.69. The summed E-state index contributed by atoms with van der Waals surface area (Å²) in [4.78, 5) is 2.41. The van der Waals surface area contributed by atoms with Crippen molar-refractivity contribution in [3.63, 3.8) is 0 Å². The van der Waals surface area contributed by atoms with Crippen LogP contribution in [0.3, 0.4) is 0 Å². The van der Waals surface area contributed by atoms with E-state index in [9.17, 15) is 8.78 Å². The monoisotopic (exact) mass is 294 g/mol. The smallest absolute Gasteiger partial charge is 0.159 e. The molecule has 2 aliphatic rings. The van der Waals surface area contributed by atoms with E-state index in [1.54, 1.807) is 6.07 Å². The summed E-state index contributed by atoms with van der Waals surface area (Å²) in [6, 6.07) is 4.70. The van der Waals surface area contributed by atoms with Gasteiger partial charge in [0.05, 0.1) is 0 Å². The number of benzene rings is 1. The van der Waals surface area contributed by atoms with Crippen LogP contribution < -0.4 is 5.32 Å². The van der Waals surface area contributed by atoms with Gasteiger partial charge in [0.2, 0.25) is 0 Å². The second kappa shape index (κ2) is 5.65. The second-order valence-corrected chi connectivity index (χ2v) is 6.91. The van der Waals surface area contributed by atoms with E-state index in [-0.39, 0.29) is 5.54 Å². The Morgan fingerprint density at radius 3 is 2.67 bits per heavy atom. The molecule has 2 fully saturated rings. The highest BCUT2D eigenvalue weighted by Gasteiger charge is 2.43. The Morgan fingerprint density at radius 1 is 1.24 bits per heavy atom. The highest BCUT2D eigenvalue weighted by atomic mass is 19.2. The van der Waals surface area contributed by atoms with Crippen LogP contribution in [0.25, 0.3) is 0 Å². The number of nitrogens with zero attached hydrogens (tertiary/aromatic N) is 1. The molecule has 1 saturated carbocycles. The van der Waals surface area contributed by atoms with E-state index in [1.165, 1.54) is 25.0 Å². The zero-order valence-corrected chi connectivity index (χ0v) is 12.8. The number of hydrogen-bond donors (Lipinski definition) is 1. The molecule has 0 spiro atoms. The summed E-state index contributed by atoms with van der Waals surface area (Å²) in [7, 11) is 0. The molecule has 3 rings (SSSR count). The average Bonchev–Trinajstić information content (AvgIpc) is 3.26. The van der Waals surface area contributed by atoms with Gasteiger partial charge in [-0.1, -0.05) is 6.07 Å². The maximum absolute atomic E-state index is 13.4. The maximum atomic E-state index is 13.4. The van der Waals surface area contributed by atoms with E-state index in [1.807, 2.05) is 0 Å². The minimum absolute atomic E-state index is 0.156. The molecule has 1 aromatic rings. The van der Waals surface area contributed by atoms with Crippen LogP contribution in [0, 0.1) is 17.6 Å². The molecule has 0 aromatic heterocycles. The molecule has 1 aromatic carbocycles. The molecule has 1 saturated heterocycles. The van der Waals surface area contributed by atoms with Crippen molar-refractivity contribution in [2.45, 2.75) is 51.2 Å². The van der Waals surface area contributed by atoms with Crippen LogP contribution in [-0.2, 0) is 6.54 Å². The Labute approximate surface area is 125 Å². The van der Waals surface area contributed by atoms with Gasteiger partial charge in [0.1, 0.15) is 0 Å². The van der Waals surface area contributed by atoms with E-state index in [2.05, 4.69) is 24.1 Å². The van der Waals surface area contributed by atoms with Gasteiger partial charge in [-0.2, -0.15) is 0 Å². The van der Waals surface area contributed by atoms with Gasteiger partial charge in [0.15, 0.2) is 11.6 Å². The van der Waals surface area contributed by atoms with Crippen molar-refractivity contribution in [3.8, 4) is 0 Å². The fraction of sp³-hybridized carbons (Fsp3) is 0.647. The third kappa shape index (κ3) is 3.27. The lowest BCUT2D eigenvalue weighted by molar-refractivity contribution is 0.154. The lowest BCUT2D eigenvalue weighted by Gasteiger charge is -2.36. The van der Waals surface area contributed by atoms with E-state index >= 15 is 0 Å². The third-order valence-electron chi connectivity index (χ3n) is 5.09. The zero-order chi connectivity index (χ0) is 15.0. The van der Waals surface area contributed by atoms with Crippen LogP contribution >= 0.6 is 0 Å². The predicted octanol–water partition coefficient (Wildman–Crippen LogP) is 3.32. The van der Waals surface area contributed by atoms with E-state index in [0.29, 0.717) is 12.6 Å². The van der Waals surface area contributed by atoms with Crippen molar-refractivity contribution < 1.29 is 8.78 Å². The van der Waals surface area contributed by atoms with E-state index < -0.39 is 11.6 Å². The summed E-state index contributed by atoms with van der Waals surface area (Å²) in [5, 5.41) is 3.71. The van der Waals surface area contributed by atoms with Crippen LogP contribution in [0.15, 0.2) is 18.2 Å². The first kappa shape index (κ1) is 14.9. The minimum atomic E-state index is -0.771. The number of hydrogen-bond acceptors (Lipinski definition) is 2. The van der Waals surface area contributed by atoms with Crippen LogP contribution in [0.5, 0.6) is 0 Å². The Hall–Kier alpha value is -1.00. The van der Waals surface area contributed by atoms with Crippen LogP contribution in [0.4, 0.5) is 8.78 Å². The standard InChI is InChI=1S/C17H24F2N2/c1-12-7-8-20-17(2,14-4-5-14)11-21(12)10-13-3-6-15(18)16(19)9-13/h3,6,9,12,14,20H,4-5,7-8,10-11H2,1-2H3. The molecule has 21 heavy (non-hydrogen) atoms. The first-order valence-corrected chi connectivity index (χ1v) is 7.91. The van der Waals surface area contributed by atoms with Crippen molar-refractivity contribution in [2.24, 2.45) is 5.92 Å². The fourth-order valence-electron chi connectivity index (χ4n) is 3.46. The molecule has 1 N–H and O–H groups in total. The van der Waals surface area contributed by atoms with Crippen molar-refractivity contribution in [1.82, 2.24) is 10.2 Å². The molecule has 0 bridgehead atoms. The van der Waals surface area contributed by atoms with Gasteiger partial charge in [-0.25, -0.2) is 8.78 Å². The Kier molecular flexibility index (Phi) is 4.02. The van der Waals surface area contributed by atoms with Crippen molar-refractivity contribution in [2.75, 3.05) is 13.1 Å². The Balaban J connectivity index is 1.76. The molecule has 1 heterocycles. The Morgan fingerprint density at radius 2 is 2.00 bits per heavy atom. The van der Waals surface area contributed by atoms with Crippen LogP contribution in [0.1, 0.15) is 38.7 Å². The van der Waals surface area contributed by atoms with Crippen LogP contribution in [0.2, 0.25) is 0 Å². The van der Waals surface area contributed by atoms with Gasteiger partial charge in [-0.05, 0) is 63.3 Å². The topological polar surface area (TPSA) is 15.3 Å². The second-order valence-electron chi connectivity index (χ2n) is 6.91. The normalized spacial score (nSPS) is 31.1. The lowest BCUT2D eigenvalue weighted by atomic mass is 9.95. The van der Waals surface area contributed by atoms with E-state index in [0.717, 1.165) is 31.0 Å². The number of halogens is 2. The maximum Gasteiger partial charge on any atom is 0.159 e. The average molecular weight is 294 g/mol. The van der Waals surface area contributed by atoms with Gasteiger partial charge in [0.25, 0.3) is 0 Å². The molecule has 0 radical (unpaired) electrons. The molecule has 2 unspecified atom stereocenters. The summed E-state index contributed by atoms with van der Waals surface area (Å²) >= 11 is 0. The summed E-state index contributed by atoms with van der Waals surface area (Å²) in [5.74, 6) is -0.763. The highest BCUT2D eigenvalue weighted by molar-refractivity contribution is 5.18. The minimum Gasteiger partial charge on any atom is -0.310 e. The summed E-state index contributed by atoms with van der Waals surface area (Å²) in [5.41, 5.74) is 1.00. The van der Waals surface area contributed by atoms with Gasteiger partial charge in [0, 0.05) is 24.7 Å². The molecule has 0 amide bonds. The summed E-state index contributed by atoms with van der Waals surface area (Å²) < 4.78 is 26.5. The Bertz CT molecular complexity index is 516. The van der Waals surface area contributed by atoms with Crippen molar-refractivity contribution in [3.05, 3.63) is 35.4 Å². The first-order chi connectivity index (χ1) is 9.98. The largest absolute Gasteiger partial charge is 0.310 e. The molecule has 4 heteroatoms. The number of nitrogens with one attached hydrogen (secondary N) is 1. The quantitative estimate of drug-likeness (QED) is 0.920. The molecular formula is C17H24F2N2. The predicted molar refractivity (Wildman–Crippen MR) is 80.0 cm³/mol. The lowest BCUT2D eigenvalue weighted by Crippen LogP contribution is -2.51. The van der Waals surface area contributed by atoms with E-state index in [4.69, 9.17) is 0 Å². The number of rotatable bonds is 3. The summed E-state index contributed by atoms with van der Waals surface area (Å²) in [6.45, 7) is 7.21. The van der Waals surface area contributed by atoms with Crippen molar-refractivity contribution >= 4 is 0 Å². The SMILES string of the molecule is CC1CCNC(C)(C2CC2)CN1Cc1ccc(F)c(F)c1. The van der Waals surface area contributed by atoms with Gasteiger partial charge in [-0.15, -0.1) is 0 Å². The molecular weight excluding hydrogens is 270 g/mol.